The molecule has 0 saturated heterocycles. The molecule has 1 aromatic carbocycles. The molecule has 0 aliphatic heterocycles. The number of benzene rings is 1. The maximum atomic E-state index is 12.5. The number of ether oxygens (including phenoxy) is 1. The summed E-state index contributed by atoms with van der Waals surface area (Å²) in [6, 6.07) is 3.66. The van der Waals surface area contributed by atoms with Gasteiger partial charge >= 0.3 is 5.97 Å². The zero-order chi connectivity index (χ0) is 14.3. The number of nitrogens with zero attached hydrogens (tertiary/aromatic N) is 1. The Labute approximate surface area is 118 Å². The van der Waals surface area contributed by atoms with E-state index in [2.05, 4.69) is 9.97 Å². The highest BCUT2D eigenvalue weighted by Gasteiger charge is 2.16. The van der Waals surface area contributed by atoms with Gasteiger partial charge in [0.15, 0.2) is 0 Å². The van der Waals surface area contributed by atoms with Crippen LogP contribution in [0.4, 0.5) is 0 Å². The number of fused-ring (bicyclic) bond motifs is 3. The number of carbonyl (C=O) groups excluding carboxylic acids is 1. The maximum Gasteiger partial charge on any atom is 0.343 e. The van der Waals surface area contributed by atoms with Crippen molar-refractivity contribution in [2.24, 2.45) is 0 Å². The van der Waals surface area contributed by atoms with Crippen LogP contribution >= 0.6 is 11.3 Å². The molecular formula is C14H12N2O3S. The Morgan fingerprint density at radius 2 is 2.25 bits per heavy atom. The van der Waals surface area contributed by atoms with Crippen LogP contribution in [0.25, 0.3) is 21.1 Å². The number of nitrogens with one attached hydrogen (secondary N) is 1. The number of esters is 1. The number of carbonyl (C=O) groups is 1. The average Bonchev–Trinajstić information content (AvgIpc) is 2.79. The van der Waals surface area contributed by atoms with E-state index in [-0.39, 0.29) is 17.6 Å². The Morgan fingerprint density at radius 3 is 3.00 bits per heavy atom. The average molecular weight is 288 g/mol. The van der Waals surface area contributed by atoms with Crippen molar-refractivity contribution in [1.82, 2.24) is 9.97 Å². The van der Waals surface area contributed by atoms with E-state index >= 15 is 0 Å². The molecule has 3 aromatic rings. The van der Waals surface area contributed by atoms with Gasteiger partial charge in [0, 0.05) is 6.20 Å². The molecule has 2 aromatic heterocycles. The standard InChI is InChI=1S/C14H12N2O3S/c1-3-19-14(18)8-6-15-9-4-5-10-13(11(9)12(8)17)20-7(2)16-10/h4-6H,3H2,1-2H3,(H,15,17). The predicted molar refractivity (Wildman–Crippen MR) is 78.4 cm³/mol. The summed E-state index contributed by atoms with van der Waals surface area (Å²) < 4.78 is 5.70. The van der Waals surface area contributed by atoms with Crippen LogP contribution in [-0.4, -0.2) is 22.5 Å². The number of hydrogen-bond donors (Lipinski definition) is 1. The zero-order valence-corrected chi connectivity index (χ0v) is 11.8. The topological polar surface area (TPSA) is 72.1 Å². The van der Waals surface area contributed by atoms with Crippen LogP contribution in [0.15, 0.2) is 23.1 Å². The fourth-order valence-electron chi connectivity index (χ4n) is 2.16. The van der Waals surface area contributed by atoms with Gasteiger partial charge in [-0.15, -0.1) is 11.3 Å². The lowest BCUT2D eigenvalue weighted by Crippen LogP contribution is -2.18. The molecule has 0 spiro atoms. The second kappa shape index (κ2) is 4.72. The van der Waals surface area contributed by atoms with Crippen LogP contribution in [0.5, 0.6) is 0 Å². The lowest BCUT2D eigenvalue weighted by Gasteiger charge is -2.03. The predicted octanol–water partition coefficient (Wildman–Crippen LogP) is 2.62. The van der Waals surface area contributed by atoms with Crippen LogP contribution in [0.3, 0.4) is 0 Å². The molecule has 0 bridgehead atoms. The monoisotopic (exact) mass is 288 g/mol. The van der Waals surface area contributed by atoms with Crippen LogP contribution < -0.4 is 5.43 Å². The van der Waals surface area contributed by atoms with Crippen molar-refractivity contribution in [3.05, 3.63) is 39.1 Å². The molecule has 20 heavy (non-hydrogen) atoms. The second-order valence-corrected chi connectivity index (χ2v) is 5.52. The molecule has 6 heteroatoms. The van der Waals surface area contributed by atoms with Crippen molar-refractivity contribution in [3.8, 4) is 0 Å². The first-order valence-electron chi connectivity index (χ1n) is 6.20. The van der Waals surface area contributed by atoms with E-state index in [1.165, 1.54) is 17.5 Å². The third-order valence-electron chi connectivity index (χ3n) is 3.00. The number of aromatic nitrogens is 2. The first kappa shape index (κ1) is 12.8. The van der Waals surface area contributed by atoms with E-state index in [4.69, 9.17) is 4.74 Å². The fraction of sp³-hybridized carbons (Fsp3) is 0.214. The lowest BCUT2D eigenvalue weighted by molar-refractivity contribution is 0.0524. The third-order valence-corrected chi connectivity index (χ3v) is 4.01. The first-order chi connectivity index (χ1) is 9.61. The van der Waals surface area contributed by atoms with Gasteiger partial charge in [0.05, 0.1) is 32.7 Å². The second-order valence-electron chi connectivity index (χ2n) is 4.32. The molecule has 2 heterocycles. The van der Waals surface area contributed by atoms with Crippen LogP contribution in [0.2, 0.25) is 0 Å². The minimum absolute atomic E-state index is 0.0258. The van der Waals surface area contributed by atoms with E-state index in [0.717, 1.165) is 15.2 Å². The van der Waals surface area contributed by atoms with E-state index in [1.807, 2.05) is 13.0 Å². The summed E-state index contributed by atoms with van der Waals surface area (Å²) in [5.41, 5.74) is 1.18. The SMILES string of the molecule is CCOC(=O)c1c[nH]c2ccc3nc(C)sc3c2c1=O. The molecule has 102 valence electrons. The van der Waals surface area contributed by atoms with Gasteiger partial charge in [-0.25, -0.2) is 9.78 Å². The Morgan fingerprint density at radius 1 is 1.45 bits per heavy atom. The summed E-state index contributed by atoms with van der Waals surface area (Å²) in [6.45, 7) is 3.83. The molecule has 1 N–H and O–H groups in total. The van der Waals surface area contributed by atoms with Crippen LogP contribution in [0, 0.1) is 6.92 Å². The number of pyridine rings is 1. The molecular weight excluding hydrogens is 276 g/mol. The van der Waals surface area contributed by atoms with Gasteiger partial charge in [-0.05, 0) is 26.0 Å². The molecule has 5 nitrogen and oxygen atoms in total. The molecule has 0 unspecified atom stereocenters. The van der Waals surface area contributed by atoms with Gasteiger partial charge in [0.1, 0.15) is 5.56 Å². The van der Waals surface area contributed by atoms with E-state index in [1.54, 1.807) is 13.0 Å². The Hall–Kier alpha value is -2.21. The van der Waals surface area contributed by atoms with E-state index < -0.39 is 5.97 Å². The molecule has 0 aliphatic carbocycles. The Bertz CT molecular complexity index is 879. The van der Waals surface area contributed by atoms with Gasteiger partial charge in [-0.2, -0.15) is 0 Å². The smallest absolute Gasteiger partial charge is 0.343 e. The Kier molecular flexibility index (Phi) is 3.02. The minimum Gasteiger partial charge on any atom is -0.462 e. The number of aromatic amines is 1. The summed E-state index contributed by atoms with van der Waals surface area (Å²) in [5, 5.41) is 1.38. The van der Waals surface area contributed by atoms with E-state index in [9.17, 15) is 9.59 Å². The number of rotatable bonds is 2. The normalized spacial score (nSPS) is 11.1. The largest absolute Gasteiger partial charge is 0.462 e. The van der Waals surface area contributed by atoms with Crippen LogP contribution in [0.1, 0.15) is 22.3 Å². The summed E-state index contributed by atoms with van der Waals surface area (Å²) in [7, 11) is 0. The van der Waals surface area contributed by atoms with Crippen molar-refractivity contribution in [1.29, 1.82) is 0 Å². The van der Waals surface area contributed by atoms with Crippen molar-refractivity contribution >= 4 is 38.4 Å². The van der Waals surface area contributed by atoms with Crippen molar-refractivity contribution < 1.29 is 9.53 Å². The molecule has 3 rings (SSSR count). The van der Waals surface area contributed by atoms with Crippen molar-refractivity contribution in [2.75, 3.05) is 6.61 Å². The summed E-state index contributed by atoms with van der Waals surface area (Å²) in [6.07, 6.45) is 1.41. The first-order valence-corrected chi connectivity index (χ1v) is 7.02. The molecule has 0 fully saturated rings. The number of hydrogen-bond acceptors (Lipinski definition) is 5. The molecule has 0 atom stereocenters. The fourth-order valence-corrected chi connectivity index (χ4v) is 3.12. The van der Waals surface area contributed by atoms with Crippen molar-refractivity contribution in [3.63, 3.8) is 0 Å². The molecule has 0 saturated carbocycles. The van der Waals surface area contributed by atoms with Gasteiger partial charge in [0.25, 0.3) is 0 Å². The summed E-state index contributed by atoms with van der Waals surface area (Å²) >= 11 is 1.45. The number of thiazole rings is 1. The lowest BCUT2D eigenvalue weighted by atomic mass is 10.1. The molecule has 0 aliphatic rings. The highest BCUT2D eigenvalue weighted by atomic mass is 32.1. The van der Waals surface area contributed by atoms with Crippen molar-refractivity contribution in [2.45, 2.75) is 13.8 Å². The highest BCUT2D eigenvalue weighted by Crippen LogP contribution is 2.27. The van der Waals surface area contributed by atoms with Gasteiger partial charge in [-0.1, -0.05) is 0 Å². The molecule has 0 amide bonds. The highest BCUT2D eigenvalue weighted by molar-refractivity contribution is 7.19. The van der Waals surface area contributed by atoms with Gasteiger partial charge < -0.3 is 9.72 Å². The minimum atomic E-state index is -0.603. The molecule has 0 radical (unpaired) electrons. The quantitative estimate of drug-likeness (QED) is 0.736. The summed E-state index contributed by atoms with van der Waals surface area (Å²) in [4.78, 5) is 31.7. The van der Waals surface area contributed by atoms with Gasteiger partial charge in [-0.3, -0.25) is 4.79 Å². The number of aryl methyl sites for hydroxylation is 1. The maximum absolute atomic E-state index is 12.5. The zero-order valence-electron chi connectivity index (χ0n) is 11.0. The van der Waals surface area contributed by atoms with Gasteiger partial charge in [0.2, 0.25) is 5.43 Å². The van der Waals surface area contributed by atoms with E-state index in [0.29, 0.717) is 10.9 Å². The summed E-state index contributed by atoms with van der Waals surface area (Å²) in [5.74, 6) is -0.603. The Balaban J connectivity index is 2.37. The number of H-pyrrole nitrogens is 1. The third kappa shape index (κ3) is 1.89. The van der Waals surface area contributed by atoms with Crippen LogP contribution in [-0.2, 0) is 4.74 Å².